The maximum absolute atomic E-state index is 11.6. The monoisotopic (exact) mass is 318 g/mol. The number of rotatable bonds is 3. The molecule has 0 amide bonds. The molecule has 21 heavy (non-hydrogen) atoms. The smallest absolute Gasteiger partial charge is 0.340 e. The fourth-order valence-electron chi connectivity index (χ4n) is 1.92. The molecule has 1 unspecified atom stereocenters. The lowest BCUT2D eigenvalue weighted by atomic mass is 10.3. The Morgan fingerprint density at radius 3 is 2.38 bits per heavy atom. The van der Waals surface area contributed by atoms with Crippen LogP contribution in [-0.2, 0) is 4.79 Å². The molecule has 3 nitrogen and oxygen atoms in total. The summed E-state index contributed by atoms with van der Waals surface area (Å²) < 4.78 is 5.21. The number of esters is 1. The molecule has 0 fully saturated rings. The van der Waals surface area contributed by atoms with Gasteiger partial charge in [0.05, 0.1) is 0 Å². The van der Waals surface area contributed by atoms with Gasteiger partial charge in [0.25, 0.3) is 0 Å². The zero-order valence-corrected chi connectivity index (χ0v) is 13.0. The highest BCUT2D eigenvalue weighted by Crippen LogP contribution is 2.49. The number of hydrogen-bond acceptors (Lipinski definition) is 5. The van der Waals surface area contributed by atoms with Crippen molar-refractivity contribution in [1.29, 1.82) is 0 Å². The van der Waals surface area contributed by atoms with E-state index in [1.54, 1.807) is 36.5 Å². The van der Waals surface area contributed by atoms with Crippen molar-refractivity contribution in [1.82, 2.24) is 0 Å². The van der Waals surface area contributed by atoms with Gasteiger partial charge in [-0.15, -0.1) is 0 Å². The van der Waals surface area contributed by atoms with Gasteiger partial charge in [-0.1, -0.05) is 42.6 Å². The molecular formula is C16H14O3S2. The van der Waals surface area contributed by atoms with E-state index in [0.717, 1.165) is 9.79 Å². The second-order valence-corrected chi connectivity index (χ2v) is 6.77. The van der Waals surface area contributed by atoms with Crippen LogP contribution in [0.15, 0.2) is 62.0 Å². The molecule has 1 aliphatic heterocycles. The number of benzene rings is 2. The van der Waals surface area contributed by atoms with Gasteiger partial charge >= 0.3 is 5.97 Å². The average molecular weight is 318 g/mol. The Bertz CT molecular complexity index is 685. The first-order valence-corrected chi connectivity index (χ1v) is 8.29. The van der Waals surface area contributed by atoms with Crippen LogP contribution in [0.2, 0.25) is 0 Å². The quantitative estimate of drug-likeness (QED) is 0.584. The summed E-state index contributed by atoms with van der Waals surface area (Å²) in [6, 6.07) is 13.8. The van der Waals surface area contributed by atoms with Gasteiger partial charge in [-0.2, -0.15) is 0 Å². The van der Waals surface area contributed by atoms with Crippen molar-refractivity contribution in [3.8, 4) is 5.75 Å². The summed E-state index contributed by atoms with van der Waals surface area (Å²) in [5.74, 6) is -0.134. The Morgan fingerprint density at radius 2 is 1.71 bits per heavy atom. The van der Waals surface area contributed by atoms with Crippen LogP contribution in [0, 0.1) is 0 Å². The summed E-state index contributed by atoms with van der Waals surface area (Å²) in [4.78, 5) is 16.3. The summed E-state index contributed by atoms with van der Waals surface area (Å²) in [5.41, 5.74) is 0. The topological polar surface area (TPSA) is 46.5 Å². The predicted octanol–water partition coefficient (Wildman–Crippen LogP) is 3.98. The second-order valence-electron chi connectivity index (χ2n) is 4.60. The number of carbonyl (C=O) groups is 1. The lowest BCUT2D eigenvalue weighted by molar-refractivity contribution is -0.143. The molecule has 0 bridgehead atoms. The van der Waals surface area contributed by atoms with Crippen LogP contribution in [0.5, 0.6) is 5.75 Å². The van der Waals surface area contributed by atoms with E-state index in [1.807, 2.05) is 24.3 Å². The van der Waals surface area contributed by atoms with Crippen LogP contribution in [-0.4, -0.2) is 17.2 Å². The summed E-state index contributed by atoms with van der Waals surface area (Å²) in [6.07, 6.45) is -0.717. The highest BCUT2D eigenvalue weighted by Gasteiger charge is 2.19. The first-order chi connectivity index (χ1) is 10.2. The fraction of sp³-hybridized carbons (Fsp3) is 0.188. The largest absolute Gasteiger partial charge is 0.425 e. The minimum absolute atomic E-state index is 0.349. The van der Waals surface area contributed by atoms with Crippen LogP contribution >= 0.6 is 23.5 Å². The van der Waals surface area contributed by atoms with Gasteiger partial charge in [0.15, 0.2) is 6.10 Å². The van der Waals surface area contributed by atoms with Gasteiger partial charge in [0, 0.05) is 19.6 Å². The van der Waals surface area contributed by atoms with E-state index in [9.17, 15) is 9.90 Å². The number of aliphatic hydroxyl groups is 1. The Morgan fingerprint density at radius 1 is 1.10 bits per heavy atom. The molecule has 0 saturated heterocycles. The van der Waals surface area contributed by atoms with Crippen molar-refractivity contribution in [2.75, 3.05) is 0 Å². The maximum atomic E-state index is 11.6. The average Bonchev–Trinajstić information content (AvgIpc) is 2.52. The highest BCUT2D eigenvalue weighted by atomic mass is 32.2. The van der Waals surface area contributed by atoms with Crippen LogP contribution in [0.4, 0.5) is 0 Å². The molecule has 3 rings (SSSR count). The third-order valence-corrected chi connectivity index (χ3v) is 5.63. The molecule has 1 heterocycles. The first-order valence-electron chi connectivity index (χ1n) is 6.66. The van der Waals surface area contributed by atoms with Crippen molar-refractivity contribution < 1.29 is 14.6 Å². The SMILES string of the molecule is CCC(O)C(=O)Oc1ccc2c(c1)Sc1ccccc1S2. The third kappa shape index (κ3) is 3.10. The van der Waals surface area contributed by atoms with Crippen molar-refractivity contribution in [2.45, 2.75) is 39.0 Å². The van der Waals surface area contributed by atoms with Gasteiger partial charge in [-0.05, 0) is 36.8 Å². The van der Waals surface area contributed by atoms with Crippen molar-refractivity contribution >= 4 is 29.5 Å². The number of fused-ring (bicyclic) bond motifs is 2. The molecule has 108 valence electrons. The zero-order valence-electron chi connectivity index (χ0n) is 11.4. The minimum atomic E-state index is -1.07. The predicted molar refractivity (Wildman–Crippen MR) is 83.1 cm³/mol. The van der Waals surface area contributed by atoms with Crippen LogP contribution in [0.25, 0.3) is 0 Å². The fourth-order valence-corrected chi connectivity index (χ4v) is 4.17. The van der Waals surface area contributed by atoms with Gasteiger partial charge in [0.2, 0.25) is 0 Å². The van der Waals surface area contributed by atoms with Crippen molar-refractivity contribution in [3.05, 3.63) is 42.5 Å². The molecule has 0 saturated carbocycles. The van der Waals surface area contributed by atoms with E-state index in [1.165, 1.54) is 9.79 Å². The molecule has 0 spiro atoms. The lowest BCUT2D eigenvalue weighted by Gasteiger charge is -2.18. The van der Waals surface area contributed by atoms with Gasteiger partial charge in [-0.25, -0.2) is 4.79 Å². The first kappa shape index (κ1) is 14.5. The van der Waals surface area contributed by atoms with Crippen LogP contribution in [0.3, 0.4) is 0 Å². The van der Waals surface area contributed by atoms with E-state index in [0.29, 0.717) is 12.2 Å². The summed E-state index contributed by atoms with van der Waals surface area (Å²) in [7, 11) is 0. The molecule has 1 atom stereocenters. The van der Waals surface area contributed by atoms with E-state index in [-0.39, 0.29) is 0 Å². The van der Waals surface area contributed by atoms with Gasteiger partial charge < -0.3 is 9.84 Å². The Hall–Kier alpha value is -1.43. The van der Waals surface area contributed by atoms with Crippen molar-refractivity contribution in [2.24, 2.45) is 0 Å². The molecule has 2 aromatic rings. The number of ether oxygens (including phenoxy) is 1. The van der Waals surface area contributed by atoms with E-state index < -0.39 is 12.1 Å². The van der Waals surface area contributed by atoms with Crippen LogP contribution < -0.4 is 4.74 Å². The zero-order chi connectivity index (χ0) is 14.8. The third-order valence-electron chi connectivity index (χ3n) is 3.08. The normalized spacial score (nSPS) is 14.0. The molecule has 5 heteroatoms. The standard InChI is InChI=1S/C16H14O3S2/c1-2-11(17)16(18)19-10-7-8-14-15(9-10)21-13-6-4-3-5-12(13)20-14/h3-9,11,17H,2H2,1H3. The molecule has 1 aliphatic rings. The minimum Gasteiger partial charge on any atom is -0.425 e. The molecule has 0 radical (unpaired) electrons. The number of aliphatic hydroxyl groups excluding tert-OH is 1. The lowest BCUT2D eigenvalue weighted by Crippen LogP contribution is -2.24. The Kier molecular flexibility index (Phi) is 4.24. The van der Waals surface area contributed by atoms with E-state index in [4.69, 9.17) is 4.74 Å². The summed E-state index contributed by atoms with van der Waals surface area (Å²) >= 11 is 3.37. The Labute approximate surface area is 131 Å². The summed E-state index contributed by atoms with van der Waals surface area (Å²) in [5, 5.41) is 9.47. The molecule has 0 aliphatic carbocycles. The maximum Gasteiger partial charge on any atom is 0.340 e. The number of carbonyl (C=O) groups excluding carboxylic acids is 1. The molecule has 1 N–H and O–H groups in total. The Balaban J connectivity index is 1.82. The second kappa shape index (κ2) is 6.13. The molecule has 2 aromatic carbocycles. The number of hydrogen-bond donors (Lipinski definition) is 1. The van der Waals surface area contributed by atoms with E-state index >= 15 is 0 Å². The van der Waals surface area contributed by atoms with Crippen molar-refractivity contribution in [3.63, 3.8) is 0 Å². The summed E-state index contributed by atoms with van der Waals surface area (Å²) in [6.45, 7) is 1.74. The molecule has 0 aromatic heterocycles. The molecular weight excluding hydrogens is 304 g/mol. The van der Waals surface area contributed by atoms with Gasteiger partial charge in [0.1, 0.15) is 5.75 Å². The van der Waals surface area contributed by atoms with Gasteiger partial charge in [-0.3, -0.25) is 0 Å². The highest BCUT2D eigenvalue weighted by molar-refractivity contribution is 8.05. The van der Waals surface area contributed by atoms with Crippen LogP contribution in [0.1, 0.15) is 13.3 Å². The van der Waals surface area contributed by atoms with E-state index in [2.05, 4.69) is 12.1 Å².